The van der Waals surface area contributed by atoms with Crippen LogP contribution in [0.5, 0.6) is 0 Å². The van der Waals surface area contributed by atoms with Crippen molar-refractivity contribution >= 4 is 18.3 Å². The summed E-state index contributed by atoms with van der Waals surface area (Å²) in [5.41, 5.74) is 7.36. The minimum Gasteiger partial charge on any atom is -0.347 e. The summed E-state index contributed by atoms with van der Waals surface area (Å²) in [6.07, 6.45) is 3.51. The van der Waals surface area contributed by atoms with E-state index in [-0.39, 0.29) is 36.3 Å². The zero-order chi connectivity index (χ0) is 11.8. The van der Waals surface area contributed by atoms with Crippen LogP contribution >= 0.6 is 12.4 Å². The Balaban J connectivity index is 0.00000120. The highest BCUT2D eigenvalue weighted by atomic mass is 35.5. The molecule has 3 rings (SSSR count). The van der Waals surface area contributed by atoms with Crippen molar-refractivity contribution < 1.29 is 4.79 Å². The lowest BCUT2D eigenvalue weighted by molar-refractivity contribution is -0.123. The first-order valence-electron chi connectivity index (χ1n) is 6.36. The first-order chi connectivity index (χ1) is 8.25. The van der Waals surface area contributed by atoms with E-state index in [2.05, 4.69) is 5.32 Å². The van der Waals surface area contributed by atoms with Gasteiger partial charge in [-0.25, -0.2) is 0 Å². The van der Waals surface area contributed by atoms with Gasteiger partial charge in [-0.05, 0) is 17.9 Å². The number of carbonyl (C=O) groups excluding carboxylic acids is 1. The zero-order valence-corrected chi connectivity index (χ0v) is 11.0. The van der Waals surface area contributed by atoms with Crippen molar-refractivity contribution in [1.82, 2.24) is 5.32 Å². The molecule has 1 saturated heterocycles. The first kappa shape index (κ1) is 13.4. The van der Waals surface area contributed by atoms with E-state index in [0.717, 1.165) is 17.9 Å². The third-order valence-electron chi connectivity index (χ3n) is 3.93. The maximum atomic E-state index is 11.9. The molecule has 1 aromatic carbocycles. The van der Waals surface area contributed by atoms with E-state index >= 15 is 0 Å². The second-order valence-electron chi connectivity index (χ2n) is 5.26. The number of hydrogen-bond donors (Lipinski definition) is 2. The Hall–Kier alpha value is -1.06. The highest BCUT2D eigenvalue weighted by Gasteiger charge is 2.42. The van der Waals surface area contributed by atoms with E-state index in [1.165, 1.54) is 12.8 Å². The van der Waals surface area contributed by atoms with Crippen molar-refractivity contribution in [3.05, 3.63) is 35.9 Å². The molecule has 3 nitrogen and oxygen atoms in total. The molecule has 1 aliphatic carbocycles. The Morgan fingerprint density at radius 1 is 1.22 bits per heavy atom. The van der Waals surface area contributed by atoms with Crippen LogP contribution < -0.4 is 11.1 Å². The number of nitrogens with two attached hydrogens (primary N) is 1. The van der Waals surface area contributed by atoms with Crippen molar-refractivity contribution in [2.75, 3.05) is 0 Å². The number of rotatable bonds is 3. The molecule has 98 valence electrons. The van der Waals surface area contributed by atoms with Crippen LogP contribution in [0.3, 0.4) is 0 Å². The van der Waals surface area contributed by atoms with Gasteiger partial charge in [0, 0.05) is 6.04 Å². The van der Waals surface area contributed by atoms with Gasteiger partial charge in [-0.2, -0.15) is 0 Å². The second kappa shape index (κ2) is 5.29. The number of amides is 1. The number of nitrogens with one attached hydrogen (secondary N) is 1. The van der Waals surface area contributed by atoms with Crippen LogP contribution in [0.25, 0.3) is 0 Å². The molecule has 1 aromatic rings. The first-order valence-corrected chi connectivity index (χ1v) is 6.36. The quantitative estimate of drug-likeness (QED) is 0.880. The fourth-order valence-electron chi connectivity index (χ4n) is 2.71. The predicted molar refractivity (Wildman–Crippen MR) is 73.4 cm³/mol. The summed E-state index contributed by atoms with van der Waals surface area (Å²) in [4.78, 5) is 11.9. The van der Waals surface area contributed by atoms with Crippen LogP contribution in [0, 0.1) is 11.8 Å². The van der Waals surface area contributed by atoms with Crippen molar-refractivity contribution in [2.24, 2.45) is 17.6 Å². The Kier molecular flexibility index (Phi) is 3.93. The van der Waals surface area contributed by atoms with E-state index in [0.29, 0.717) is 0 Å². The van der Waals surface area contributed by atoms with Crippen LogP contribution in [-0.2, 0) is 4.79 Å². The van der Waals surface area contributed by atoms with E-state index < -0.39 is 0 Å². The SMILES string of the molecule is Cl.NC1C(CC2CC2)C(=O)NC1c1ccccc1. The number of hydrogen-bond acceptors (Lipinski definition) is 2. The Labute approximate surface area is 114 Å². The molecule has 0 bridgehead atoms. The Bertz CT molecular complexity index is 419. The molecule has 0 spiro atoms. The highest BCUT2D eigenvalue weighted by Crippen LogP contribution is 2.39. The highest BCUT2D eigenvalue weighted by molar-refractivity contribution is 5.85. The molecular formula is C14H19ClN2O. The van der Waals surface area contributed by atoms with Crippen molar-refractivity contribution in [1.29, 1.82) is 0 Å². The zero-order valence-electron chi connectivity index (χ0n) is 10.2. The third-order valence-corrected chi connectivity index (χ3v) is 3.93. The molecule has 2 fully saturated rings. The molecule has 18 heavy (non-hydrogen) atoms. The summed E-state index contributed by atoms with van der Waals surface area (Å²) >= 11 is 0. The molecule has 3 N–H and O–H groups in total. The van der Waals surface area contributed by atoms with E-state index in [1.54, 1.807) is 0 Å². The largest absolute Gasteiger partial charge is 0.347 e. The van der Waals surface area contributed by atoms with Crippen LogP contribution in [0.2, 0.25) is 0 Å². The molecular weight excluding hydrogens is 248 g/mol. The number of halogens is 1. The van der Waals surface area contributed by atoms with Gasteiger partial charge in [-0.1, -0.05) is 43.2 Å². The van der Waals surface area contributed by atoms with E-state index in [4.69, 9.17) is 5.73 Å². The molecule has 3 atom stereocenters. The van der Waals surface area contributed by atoms with Gasteiger partial charge in [-0.3, -0.25) is 4.79 Å². The van der Waals surface area contributed by atoms with Crippen LogP contribution in [0.1, 0.15) is 30.9 Å². The Morgan fingerprint density at radius 2 is 1.89 bits per heavy atom. The molecule has 0 radical (unpaired) electrons. The average Bonchev–Trinajstić information content (AvgIpc) is 3.12. The van der Waals surface area contributed by atoms with E-state index in [1.807, 2.05) is 30.3 Å². The summed E-state index contributed by atoms with van der Waals surface area (Å²) in [6, 6.07) is 9.94. The topological polar surface area (TPSA) is 55.1 Å². The average molecular weight is 267 g/mol. The predicted octanol–water partition coefficient (Wildman–Crippen LogP) is 2.02. The van der Waals surface area contributed by atoms with Crippen molar-refractivity contribution in [3.63, 3.8) is 0 Å². The van der Waals surface area contributed by atoms with Gasteiger partial charge in [0.05, 0.1) is 12.0 Å². The number of benzene rings is 1. The van der Waals surface area contributed by atoms with Gasteiger partial charge in [0.25, 0.3) is 0 Å². The lowest BCUT2D eigenvalue weighted by atomic mass is 9.91. The molecule has 1 amide bonds. The summed E-state index contributed by atoms with van der Waals surface area (Å²) < 4.78 is 0. The molecule has 1 heterocycles. The summed E-state index contributed by atoms with van der Waals surface area (Å²) in [5, 5.41) is 3.04. The minimum absolute atomic E-state index is 0. The fraction of sp³-hybridized carbons (Fsp3) is 0.500. The lowest BCUT2D eigenvalue weighted by Gasteiger charge is -2.18. The standard InChI is InChI=1S/C14H18N2O.ClH/c15-12-11(8-9-6-7-9)14(17)16-13(12)10-4-2-1-3-5-10;/h1-5,9,11-13H,6-8,15H2,(H,16,17);1H. The minimum atomic E-state index is -0.0782. The van der Waals surface area contributed by atoms with Gasteiger partial charge in [0.2, 0.25) is 5.91 Å². The van der Waals surface area contributed by atoms with E-state index in [9.17, 15) is 4.79 Å². The summed E-state index contributed by atoms with van der Waals surface area (Å²) in [7, 11) is 0. The molecule has 2 aliphatic rings. The summed E-state index contributed by atoms with van der Waals surface area (Å²) in [5.74, 6) is 0.886. The summed E-state index contributed by atoms with van der Waals surface area (Å²) in [6.45, 7) is 0. The van der Waals surface area contributed by atoms with Crippen LogP contribution in [-0.4, -0.2) is 11.9 Å². The molecule has 0 aromatic heterocycles. The maximum absolute atomic E-state index is 11.9. The molecule has 1 saturated carbocycles. The number of carbonyl (C=O) groups is 1. The maximum Gasteiger partial charge on any atom is 0.225 e. The van der Waals surface area contributed by atoms with Gasteiger partial charge >= 0.3 is 0 Å². The third kappa shape index (κ3) is 2.52. The second-order valence-corrected chi connectivity index (χ2v) is 5.26. The Morgan fingerprint density at radius 3 is 2.50 bits per heavy atom. The van der Waals surface area contributed by atoms with Crippen molar-refractivity contribution in [3.8, 4) is 0 Å². The molecule has 4 heteroatoms. The van der Waals surface area contributed by atoms with Crippen LogP contribution in [0.15, 0.2) is 30.3 Å². The smallest absolute Gasteiger partial charge is 0.225 e. The van der Waals surface area contributed by atoms with Crippen molar-refractivity contribution in [2.45, 2.75) is 31.3 Å². The van der Waals surface area contributed by atoms with Gasteiger partial charge < -0.3 is 11.1 Å². The monoisotopic (exact) mass is 266 g/mol. The van der Waals surface area contributed by atoms with Gasteiger partial charge in [0.15, 0.2) is 0 Å². The lowest BCUT2D eigenvalue weighted by Crippen LogP contribution is -2.32. The van der Waals surface area contributed by atoms with Crippen LogP contribution in [0.4, 0.5) is 0 Å². The van der Waals surface area contributed by atoms with Gasteiger partial charge in [0.1, 0.15) is 0 Å². The molecule has 1 aliphatic heterocycles. The molecule has 3 unspecified atom stereocenters. The fourth-order valence-corrected chi connectivity index (χ4v) is 2.71. The van der Waals surface area contributed by atoms with Gasteiger partial charge in [-0.15, -0.1) is 12.4 Å². The normalized spacial score (nSPS) is 30.7.